The molecule has 0 aliphatic carbocycles. The first-order valence-electron chi connectivity index (χ1n) is 7.18. The van der Waals surface area contributed by atoms with Gasteiger partial charge in [0.2, 0.25) is 0 Å². The number of halogens is 1. The maximum absolute atomic E-state index is 12.2. The van der Waals surface area contributed by atoms with Gasteiger partial charge in [0.25, 0.3) is 5.91 Å². The highest BCUT2D eigenvalue weighted by Gasteiger charge is 2.20. The van der Waals surface area contributed by atoms with Crippen LogP contribution in [0.2, 0.25) is 0 Å². The number of hydrogen-bond donors (Lipinski definition) is 1. The van der Waals surface area contributed by atoms with Crippen molar-refractivity contribution in [3.05, 3.63) is 15.5 Å². The van der Waals surface area contributed by atoms with Crippen LogP contribution < -0.4 is 5.32 Å². The van der Waals surface area contributed by atoms with Gasteiger partial charge < -0.3 is 10.2 Å². The monoisotopic (exact) mass is 390 g/mol. The minimum absolute atomic E-state index is 0.0760. The van der Waals surface area contributed by atoms with Crippen molar-refractivity contribution in [2.24, 2.45) is 13.0 Å². The minimum atomic E-state index is -0.0760. The van der Waals surface area contributed by atoms with Crippen molar-refractivity contribution in [2.45, 2.75) is 32.7 Å². The topological polar surface area (TPSA) is 50.2 Å². The Morgan fingerprint density at radius 3 is 2.75 bits per heavy atom. The summed E-state index contributed by atoms with van der Waals surface area (Å²) in [6, 6.07) is 0.147. The van der Waals surface area contributed by atoms with Gasteiger partial charge in [-0.2, -0.15) is 5.10 Å². The van der Waals surface area contributed by atoms with Gasteiger partial charge in [0.05, 0.1) is 3.57 Å². The molecule has 1 aliphatic rings. The molecule has 0 saturated carbocycles. The van der Waals surface area contributed by atoms with Crippen LogP contribution in [-0.4, -0.2) is 46.3 Å². The van der Waals surface area contributed by atoms with Gasteiger partial charge in [-0.3, -0.25) is 9.48 Å². The number of rotatable bonds is 4. The lowest BCUT2D eigenvalue weighted by molar-refractivity contribution is 0.0915. The number of aromatic nitrogens is 2. The fraction of sp³-hybridized carbons (Fsp3) is 0.714. The maximum atomic E-state index is 12.2. The van der Waals surface area contributed by atoms with Crippen molar-refractivity contribution in [1.82, 2.24) is 20.0 Å². The van der Waals surface area contributed by atoms with Gasteiger partial charge >= 0.3 is 0 Å². The molecule has 112 valence electrons. The van der Waals surface area contributed by atoms with E-state index in [0.29, 0.717) is 5.69 Å². The van der Waals surface area contributed by atoms with E-state index < -0.39 is 0 Å². The zero-order valence-electron chi connectivity index (χ0n) is 12.4. The van der Waals surface area contributed by atoms with Crippen molar-refractivity contribution in [3.8, 4) is 0 Å². The van der Waals surface area contributed by atoms with E-state index >= 15 is 0 Å². The average molecular weight is 390 g/mol. The molecule has 0 aromatic carbocycles. The Labute approximate surface area is 134 Å². The fourth-order valence-corrected chi connectivity index (χ4v) is 3.34. The molecule has 2 heterocycles. The maximum Gasteiger partial charge on any atom is 0.273 e. The summed E-state index contributed by atoms with van der Waals surface area (Å²) in [6.07, 6.45) is 4.38. The van der Waals surface area contributed by atoms with Gasteiger partial charge in [-0.1, -0.05) is 6.92 Å². The van der Waals surface area contributed by atoms with Crippen LogP contribution in [0.5, 0.6) is 0 Å². The third-order valence-corrected chi connectivity index (χ3v) is 4.57. The smallest absolute Gasteiger partial charge is 0.273 e. The molecular weight excluding hydrogens is 367 g/mol. The normalized spacial score (nSPS) is 19.0. The van der Waals surface area contributed by atoms with Gasteiger partial charge in [-0.15, -0.1) is 0 Å². The van der Waals surface area contributed by atoms with E-state index in [-0.39, 0.29) is 11.9 Å². The second kappa shape index (κ2) is 6.89. The number of piperidine rings is 1. The van der Waals surface area contributed by atoms with Crippen molar-refractivity contribution >= 4 is 28.5 Å². The summed E-state index contributed by atoms with van der Waals surface area (Å²) in [5.74, 6) is 0.763. The lowest BCUT2D eigenvalue weighted by atomic mass is 9.99. The number of nitrogens with one attached hydrogen (secondary N) is 1. The fourth-order valence-electron chi connectivity index (χ4n) is 2.58. The van der Waals surface area contributed by atoms with Crippen LogP contribution in [0.15, 0.2) is 6.20 Å². The van der Waals surface area contributed by atoms with Crippen molar-refractivity contribution in [1.29, 1.82) is 0 Å². The van der Waals surface area contributed by atoms with Crippen LogP contribution in [0.25, 0.3) is 0 Å². The molecule has 0 bridgehead atoms. The summed E-state index contributed by atoms with van der Waals surface area (Å²) in [5, 5.41) is 7.25. The lowest BCUT2D eigenvalue weighted by Gasteiger charge is -2.32. The summed E-state index contributed by atoms with van der Waals surface area (Å²) < 4.78 is 2.56. The van der Waals surface area contributed by atoms with E-state index in [0.717, 1.165) is 29.1 Å². The Balaban J connectivity index is 1.83. The number of likely N-dealkylation sites (tertiary alicyclic amines) is 1. The number of carbonyl (C=O) groups excluding carboxylic acids is 1. The number of nitrogens with zero attached hydrogens (tertiary/aromatic N) is 3. The number of amides is 1. The first-order valence-corrected chi connectivity index (χ1v) is 8.26. The molecule has 5 nitrogen and oxygen atoms in total. The van der Waals surface area contributed by atoms with Gasteiger partial charge in [0.1, 0.15) is 0 Å². The highest BCUT2D eigenvalue weighted by atomic mass is 127. The van der Waals surface area contributed by atoms with Crippen LogP contribution >= 0.6 is 22.6 Å². The number of carbonyl (C=O) groups is 1. The molecule has 1 aliphatic heterocycles. The zero-order valence-corrected chi connectivity index (χ0v) is 14.6. The lowest BCUT2D eigenvalue weighted by Crippen LogP contribution is -2.44. The summed E-state index contributed by atoms with van der Waals surface area (Å²) in [7, 11) is 1.83. The number of hydrogen-bond acceptors (Lipinski definition) is 3. The molecule has 20 heavy (non-hydrogen) atoms. The van der Waals surface area contributed by atoms with Gasteiger partial charge in [0, 0.05) is 25.8 Å². The molecule has 1 atom stereocenters. The summed E-state index contributed by atoms with van der Waals surface area (Å²) in [6.45, 7) is 7.57. The standard InChI is InChI=1S/C14H23IN4O/c1-10-4-6-19(7-5-10)8-11(2)16-14(20)13-12(15)9-18(3)17-13/h9-11H,4-8H2,1-3H3,(H,16,20)/t11-/m1/s1. The predicted octanol–water partition coefficient (Wildman–Crippen LogP) is 1.87. The van der Waals surface area contributed by atoms with Crippen LogP contribution in [-0.2, 0) is 7.05 Å². The second-order valence-electron chi connectivity index (χ2n) is 5.86. The molecule has 1 fully saturated rings. The van der Waals surface area contributed by atoms with Gasteiger partial charge in [-0.25, -0.2) is 0 Å². The van der Waals surface area contributed by atoms with Crippen molar-refractivity contribution in [3.63, 3.8) is 0 Å². The van der Waals surface area contributed by atoms with Crippen LogP contribution in [0.4, 0.5) is 0 Å². The minimum Gasteiger partial charge on any atom is -0.347 e. The molecule has 1 saturated heterocycles. The van der Waals surface area contributed by atoms with E-state index in [9.17, 15) is 4.79 Å². The Morgan fingerprint density at radius 2 is 2.20 bits per heavy atom. The zero-order chi connectivity index (χ0) is 14.7. The number of aryl methyl sites for hydroxylation is 1. The van der Waals surface area contributed by atoms with E-state index in [2.05, 4.69) is 51.8 Å². The molecule has 1 aromatic rings. The SMILES string of the molecule is CC1CCN(C[C@@H](C)NC(=O)c2nn(C)cc2I)CC1. The first kappa shape index (κ1) is 15.8. The molecule has 1 amide bonds. The van der Waals surface area contributed by atoms with Crippen LogP contribution in [0, 0.1) is 9.49 Å². The molecule has 0 radical (unpaired) electrons. The Kier molecular flexibility index (Phi) is 5.42. The Hall–Kier alpha value is -0.630. The van der Waals surface area contributed by atoms with Gasteiger partial charge in [-0.05, 0) is 61.4 Å². The summed E-state index contributed by atoms with van der Waals surface area (Å²) >= 11 is 2.15. The van der Waals surface area contributed by atoms with E-state index in [1.54, 1.807) is 4.68 Å². The summed E-state index contributed by atoms with van der Waals surface area (Å²) in [5.41, 5.74) is 0.521. The molecule has 1 N–H and O–H groups in total. The molecule has 0 spiro atoms. The van der Waals surface area contributed by atoms with Crippen LogP contribution in [0.3, 0.4) is 0 Å². The van der Waals surface area contributed by atoms with Crippen molar-refractivity contribution in [2.75, 3.05) is 19.6 Å². The predicted molar refractivity (Wildman–Crippen MR) is 87.7 cm³/mol. The molecular formula is C14H23IN4O. The van der Waals surface area contributed by atoms with Crippen LogP contribution in [0.1, 0.15) is 37.2 Å². The third-order valence-electron chi connectivity index (χ3n) is 3.79. The van der Waals surface area contributed by atoms with Gasteiger partial charge in [0.15, 0.2) is 5.69 Å². The molecule has 1 aromatic heterocycles. The molecule has 6 heteroatoms. The van der Waals surface area contributed by atoms with E-state index in [4.69, 9.17) is 0 Å². The first-order chi connectivity index (χ1) is 9.45. The highest BCUT2D eigenvalue weighted by Crippen LogP contribution is 2.16. The second-order valence-corrected chi connectivity index (χ2v) is 7.02. The largest absolute Gasteiger partial charge is 0.347 e. The quantitative estimate of drug-likeness (QED) is 0.799. The van der Waals surface area contributed by atoms with E-state index in [1.807, 2.05) is 13.2 Å². The van der Waals surface area contributed by atoms with Crippen molar-refractivity contribution < 1.29 is 4.79 Å². The molecule has 0 unspecified atom stereocenters. The molecule has 2 rings (SSSR count). The van der Waals surface area contributed by atoms with E-state index in [1.165, 1.54) is 12.8 Å². The highest BCUT2D eigenvalue weighted by molar-refractivity contribution is 14.1. The Bertz CT molecular complexity index is 466. The third kappa shape index (κ3) is 4.18. The summed E-state index contributed by atoms with van der Waals surface area (Å²) in [4.78, 5) is 14.6. The average Bonchev–Trinajstić information content (AvgIpc) is 2.71. The Morgan fingerprint density at radius 1 is 1.55 bits per heavy atom.